The van der Waals surface area contributed by atoms with E-state index in [1.165, 1.54) is 23.1 Å². The zero-order chi connectivity index (χ0) is 17.5. The first-order chi connectivity index (χ1) is 11.3. The van der Waals surface area contributed by atoms with Gasteiger partial charge in [-0.1, -0.05) is 12.1 Å². The van der Waals surface area contributed by atoms with Crippen molar-refractivity contribution in [2.75, 3.05) is 24.5 Å². The molecule has 6 nitrogen and oxygen atoms in total. The summed E-state index contributed by atoms with van der Waals surface area (Å²) in [4.78, 5) is 37.8. The fourth-order valence-corrected chi connectivity index (χ4v) is 3.17. The van der Waals surface area contributed by atoms with Crippen LogP contribution in [0.5, 0.6) is 0 Å². The van der Waals surface area contributed by atoms with Gasteiger partial charge in [-0.05, 0) is 12.1 Å². The molecule has 1 aromatic rings. The van der Waals surface area contributed by atoms with Gasteiger partial charge < -0.3 is 14.9 Å². The molecule has 0 saturated carbocycles. The largest absolute Gasteiger partial charge is 0.479 e. The molecular formula is C16H16F2N2O4. The van der Waals surface area contributed by atoms with Gasteiger partial charge in [0.25, 0.3) is 0 Å². The molecule has 0 aromatic heterocycles. The van der Waals surface area contributed by atoms with Gasteiger partial charge >= 0.3 is 5.97 Å². The second kappa shape index (κ2) is 5.85. The predicted octanol–water partition coefficient (Wildman–Crippen LogP) is 1.20. The van der Waals surface area contributed by atoms with Crippen molar-refractivity contribution < 1.29 is 28.3 Å². The molecule has 2 heterocycles. The first kappa shape index (κ1) is 16.4. The summed E-state index contributed by atoms with van der Waals surface area (Å²) in [6.07, 6.45) is -0.373. The summed E-state index contributed by atoms with van der Waals surface area (Å²) in [5.74, 6) is -3.74. The fraction of sp³-hybridized carbons (Fsp3) is 0.438. The number of hydrogen-bond acceptors (Lipinski definition) is 3. The first-order valence-corrected chi connectivity index (χ1v) is 7.58. The van der Waals surface area contributed by atoms with E-state index in [4.69, 9.17) is 5.11 Å². The van der Waals surface area contributed by atoms with Crippen LogP contribution in [0.25, 0.3) is 0 Å². The number of anilines is 1. The molecule has 1 N–H and O–H groups in total. The van der Waals surface area contributed by atoms with Crippen LogP contribution in [-0.4, -0.2) is 53.1 Å². The fourth-order valence-electron chi connectivity index (χ4n) is 3.17. The minimum absolute atomic E-state index is 0.00145. The van der Waals surface area contributed by atoms with Gasteiger partial charge in [-0.25, -0.2) is 13.6 Å². The number of para-hydroxylation sites is 1. The SMILES string of the molecule is O=C(C1CC(=O)N(c2ccccc2F)C1)N1CCC(F)(C(=O)O)C1. The molecule has 3 rings (SSSR count). The Hall–Kier alpha value is -2.51. The van der Waals surface area contributed by atoms with E-state index in [0.717, 1.165) is 4.90 Å². The van der Waals surface area contributed by atoms with Crippen LogP contribution in [0.3, 0.4) is 0 Å². The van der Waals surface area contributed by atoms with Crippen LogP contribution < -0.4 is 4.90 Å². The maximum absolute atomic E-state index is 14.1. The molecule has 2 amide bonds. The van der Waals surface area contributed by atoms with Crippen LogP contribution >= 0.6 is 0 Å². The van der Waals surface area contributed by atoms with Gasteiger partial charge in [0.15, 0.2) is 0 Å². The zero-order valence-corrected chi connectivity index (χ0v) is 12.7. The second-order valence-electron chi connectivity index (χ2n) is 6.14. The average molecular weight is 338 g/mol. The summed E-state index contributed by atoms with van der Waals surface area (Å²) >= 11 is 0. The Balaban J connectivity index is 1.71. The number of nitrogens with zero attached hydrogens (tertiary/aromatic N) is 2. The number of carbonyl (C=O) groups excluding carboxylic acids is 2. The molecule has 24 heavy (non-hydrogen) atoms. The van der Waals surface area contributed by atoms with E-state index in [2.05, 4.69) is 0 Å². The lowest BCUT2D eigenvalue weighted by Gasteiger charge is -2.21. The molecule has 0 spiro atoms. The minimum atomic E-state index is -2.44. The highest BCUT2D eigenvalue weighted by Gasteiger charge is 2.49. The highest BCUT2D eigenvalue weighted by molar-refractivity contribution is 6.00. The van der Waals surface area contributed by atoms with Crippen molar-refractivity contribution in [1.29, 1.82) is 0 Å². The molecule has 128 valence electrons. The third-order valence-corrected chi connectivity index (χ3v) is 4.53. The maximum atomic E-state index is 14.1. The van der Waals surface area contributed by atoms with E-state index in [1.54, 1.807) is 6.07 Å². The third-order valence-electron chi connectivity index (χ3n) is 4.53. The lowest BCUT2D eigenvalue weighted by Crippen LogP contribution is -2.41. The lowest BCUT2D eigenvalue weighted by molar-refractivity contribution is -0.150. The number of aliphatic carboxylic acids is 1. The van der Waals surface area contributed by atoms with E-state index in [1.807, 2.05) is 0 Å². The van der Waals surface area contributed by atoms with E-state index in [-0.39, 0.29) is 37.5 Å². The average Bonchev–Trinajstić information content (AvgIpc) is 3.12. The van der Waals surface area contributed by atoms with Gasteiger partial charge in [0, 0.05) is 25.9 Å². The van der Waals surface area contributed by atoms with Crippen LogP contribution in [-0.2, 0) is 14.4 Å². The minimum Gasteiger partial charge on any atom is -0.479 e. The molecule has 1 aromatic carbocycles. The molecule has 0 radical (unpaired) electrons. The van der Waals surface area contributed by atoms with Gasteiger partial charge in [-0.3, -0.25) is 9.59 Å². The van der Waals surface area contributed by atoms with Crippen molar-refractivity contribution in [3.05, 3.63) is 30.1 Å². The topological polar surface area (TPSA) is 77.9 Å². The normalized spacial score (nSPS) is 26.9. The van der Waals surface area contributed by atoms with E-state index < -0.39 is 35.8 Å². The van der Waals surface area contributed by atoms with Crippen LogP contribution in [0.2, 0.25) is 0 Å². The van der Waals surface area contributed by atoms with Crippen molar-refractivity contribution in [1.82, 2.24) is 4.90 Å². The lowest BCUT2D eigenvalue weighted by atomic mass is 10.1. The smallest absolute Gasteiger partial charge is 0.343 e. The number of carboxylic acids is 1. The third kappa shape index (κ3) is 2.72. The van der Waals surface area contributed by atoms with Crippen molar-refractivity contribution in [3.63, 3.8) is 0 Å². The second-order valence-corrected chi connectivity index (χ2v) is 6.14. The highest BCUT2D eigenvalue weighted by Crippen LogP contribution is 2.31. The van der Waals surface area contributed by atoms with E-state index in [9.17, 15) is 23.2 Å². The Kier molecular flexibility index (Phi) is 3.98. The summed E-state index contributed by atoms with van der Waals surface area (Å²) in [5, 5.41) is 8.88. The standard InChI is InChI=1S/C16H16F2N2O4/c17-11-3-1-2-4-12(11)20-8-10(7-13(20)21)14(22)19-6-5-16(18,9-19)15(23)24/h1-4,10H,5-9H2,(H,23,24). The number of halogens is 2. The Morgan fingerprint density at radius 3 is 2.62 bits per heavy atom. The molecule has 2 saturated heterocycles. The molecule has 2 aliphatic heterocycles. The van der Waals surface area contributed by atoms with Crippen molar-refractivity contribution in [2.45, 2.75) is 18.5 Å². The molecular weight excluding hydrogens is 322 g/mol. The Morgan fingerprint density at radius 1 is 1.29 bits per heavy atom. The molecule has 8 heteroatoms. The molecule has 2 fully saturated rings. The highest BCUT2D eigenvalue weighted by atomic mass is 19.1. The number of likely N-dealkylation sites (tertiary alicyclic amines) is 1. The van der Waals surface area contributed by atoms with Gasteiger partial charge in [0.2, 0.25) is 17.5 Å². The predicted molar refractivity (Wildman–Crippen MR) is 79.5 cm³/mol. The molecule has 2 aliphatic rings. The monoisotopic (exact) mass is 338 g/mol. The Morgan fingerprint density at radius 2 is 2.00 bits per heavy atom. The maximum Gasteiger partial charge on any atom is 0.343 e. The number of carboxylic acid groups (broad SMARTS) is 1. The van der Waals surface area contributed by atoms with Crippen LogP contribution in [0.15, 0.2) is 24.3 Å². The zero-order valence-electron chi connectivity index (χ0n) is 12.7. The quantitative estimate of drug-likeness (QED) is 0.898. The summed E-state index contributed by atoms with van der Waals surface area (Å²) in [5.41, 5.74) is -2.34. The molecule has 2 unspecified atom stereocenters. The van der Waals surface area contributed by atoms with E-state index >= 15 is 0 Å². The molecule has 0 aliphatic carbocycles. The number of amides is 2. The summed E-state index contributed by atoms with van der Waals surface area (Å²) in [7, 11) is 0. The number of alkyl halides is 1. The number of hydrogen-bond donors (Lipinski definition) is 1. The van der Waals surface area contributed by atoms with Crippen LogP contribution in [0, 0.1) is 11.7 Å². The number of rotatable bonds is 3. The Labute approximate surface area is 136 Å². The summed E-state index contributed by atoms with van der Waals surface area (Å²) in [6, 6.07) is 5.76. The van der Waals surface area contributed by atoms with Crippen molar-refractivity contribution in [2.24, 2.45) is 5.92 Å². The van der Waals surface area contributed by atoms with Crippen molar-refractivity contribution >= 4 is 23.5 Å². The van der Waals surface area contributed by atoms with Crippen LogP contribution in [0.4, 0.5) is 14.5 Å². The van der Waals surface area contributed by atoms with Crippen LogP contribution in [0.1, 0.15) is 12.8 Å². The van der Waals surface area contributed by atoms with Gasteiger partial charge in [-0.15, -0.1) is 0 Å². The first-order valence-electron chi connectivity index (χ1n) is 7.58. The number of benzene rings is 1. The van der Waals surface area contributed by atoms with Gasteiger partial charge in [0.1, 0.15) is 5.82 Å². The Bertz CT molecular complexity index is 711. The molecule has 0 bridgehead atoms. The van der Waals surface area contributed by atoms with Gasteiger partial charge in [0.05, 0.1) is 18.2 Å². The van der Waals surface area contributed by atoms with Crippen molar-refractivity contribution in [3.8, 4) is 0 Å². The number of carbonyl (C=O) groups is 3. The summed E-state index contributed by atoms with van der Waals surface area (Å²) in [6.45, 7) is -0.529. The van der Waals surface area contributed by atoms with E-state index in [0.29, 0.717) is 0 Å². The summed E-state index contributed by atoms with van der Waals surface area (Å²) < 4.78 is 27.9. The van der Waals surface area contributed by atoms with Gasteiger partial charge in [-0.2, -0.15) is 0 Å². The molecule has 2 atom stereocenters.